The molecule has 2 heterocycles. The molecule has 2 fully saturated rings. The van der Waals surface area contributed by atoms with Gasteiger partial charge in [0.15, 0.2) is 17.1 Å². The zero-order valence-corrected chi connectivity index (χ0v) is 19.3. The van der Waals surface area contributed by atoms with Crippen LogP contribution >= 0.6 is 15.9 Å². The molecule has 3 aliphatic rings. The summed E-state index contributed by atoms with van der Waals surface area (Å²) < 4.78 is 0.775. The third-order valence-electron chi connectivity index (χ3n) is 7.28. The third kappa shape index (κ3) is 3.59. The van der Waals surface area contributed by atoms with Crippen LogP contribution < -0.4 is 0 Å². The molecule has 5 rings (SSSR count). The van der Waals surface area contributed by atoms with Crippen LogP contribution in [0.5, 0.6) is 0 Å². The standard InChI is InChI=1S/C25H28BrN3O2/c26-20-14-19(15-27-16-20)25(23(30)21-8-4-5-9-22(21)24(25)31)29-12-10-28(11-13-29)17-18-6-2-1-3-7-18/h4-5,8-9,14-16,18H,1-3,6-7,10-13,17H2. The van der Waals surface area contributed by atoms with Gasteiger partial charge in [0.2, 0.25) is 0 Å². The number of aromatic nitrogens is 1. The molecule has 1 aromatic heterocycles. The largest absolute Gasteiger partial charge is 0.301 e. The average Bonchev–Trinajstić information content (AvgIpc) is 3.03. The number of rotatable bonds is 4. The van der Waals surface area contributed by atoms with Crippen LogP contribution in [0.25, 0.3) is 0 Å². The van der Waals surface area contributed by atoms with Gasteiger partial charge in [-0.3, -0.25) is 19.5 Å². The van der Waals surface area contributed by atoms with Crippen molar-refractivity contribution in [3.63, 3.8) is 0 Å². The number of halogens is 1. The Hall–Kier alpha value is -1.89. The first-order valence-electron chi connectivity index (χ1n) is 11.4. The summed E-state index contributed by atoms with van der Waals surface area (Å²) in [6.07, 6.45) is 10.1. The van der Waals surface area contributed by atoms with Crippen LogP contribution in [-0.4, -0.2) is 59.1 Å². The predicted octanol–water partition coefficient (Wildman–Crippen LogP) is 4.32. The molecule has 2 aliphatic carbocycles. The van der Waals surface area contributed by atoms with E-state index >= 15 is 0 Å². The number of benzene rings is 1. The van der Waals surface area contributed by atoms with Crippen molar-refractivity contribution in [1.82, 2.24) is 14.8 Å². The first kappa shape index (κ1) is 21.0. The smallest absolute Gasteiger partial charge is 0.196 e. The summed E-state index contributed by atoms with van der Waals surface area (Å²) in [6, 6.07) is 9.11. The van der Waals surface area contributed by atoms with E-state index in [0.29, 0.717) is 29.8 Å². The van der Waals surface area contributed by atoms with E-state index in [1.54, 1.807) is 24.5 Å². The van der Waals surface area contributed by atoms with Gasteiger partial charge in [-0.25, -0.2) is 0 Å². The van der Waals surface area contributed by atoms with E-state index < -0.39 is 5.54 Å². The van der Waals surface area contributed by atoms with Gasteiger partial charge in [0, 0.05) is 66.3 Å². The van der Waals surface area contributed by atoms with Crippen LogP contribution in [0.4, 0.5) is 0 Å². The molecule has 0 radical (unpaired) electrons. The fourth-order valence-electron chi connectivity index (χ4n) is 5.71. The van der Waals surface area contributed by atoms with Crippen molar-refractivity contribution in [1.29, 1.82) is 0 Å². The van der Waals surface area contributed by atoms with E-state index in [4.69, 9.17) is 0 Å². The summed E-state index contributed by atoms with van der Waals surface area (Å²) in [4.78, 5) is 36.6. The second-order valence-electron chi connectivity index (χ2n) is 9.10. The number of pyridine rings is 1. The van der Waals surface area contributed by atoms with Crippen LogP contribution in [0.2, 0.25) is 0 Å². The molecule has 0 spiro atoms. The lowest BCUT2D eigenvalue weighted by atomic mass is 9.83. The Morgan fingerprint density at radius 3 is 2.19 bits per heavy atom. The topological polar surface area (TPSA) is 53.5 Å². The summed E-state index contributed by atoms with van der Waals surface area (Å²) in [7, 11) is 0. The zero-order chi connectivity index (χ0) is 21.4. The number of Topliss-reactive ketones (excluding diaryl/α,β-unsaturated/α-hetero) is 2. The highest BCUT2D eigenvalue weighted by Crippen LogP contribution is 2.43. The van der Waals surface area contributed by atoms with Gasteiger partial charge >= 0.3 is 0 Å². The number of hydrogen-bond donors (Lipinski definition) is 0. The maximum atomic E-state index is 13.8. The fraction of sp³-hybridized carbons (Fsp3) is 0.480. The fourth-order valence-corrected chi connectivity index (χ4v) is 6.08. The van der Waals surface area contributed by atoms with E-state index in [1.807, 2.05) is 18.2 Å². The molecule has 0 bridgehead atoms. The summed E-state index contributed by atoms with van der Waals surface area (Å²) in [5.74, 6) is 0.560. The summed E-state index contributed by atoms with van der Waals surface area (Å²) in [5, 5.41) is 0. The van der Waals surface area contributed by atoms with E-state index in [2.05, 4.69) is 30.7 Å². The highest BCUT2D eigenvalue weighted by atomic mass is 79.9. The molecule has 1 saturated heterocycles. The highest BCUT2D eigenvalue weighted by molar-refractivity contribution is 9.10. The van der Waals surface area contributed by atoms with Gasteiger partial charge in [-0.05, 0) is 40.8 Å². The second kappa shape index (κ2) is 8.57. The van der Waals surface area contributed by atoms with Crippen molar-refractivity contribution in [2.75, 3.05) is 32.7 Å². The number of fused-ring (bicyclic) bond motifs is 1. The third-order valence-corrected chi connectivity index (χ3v) is 7.72. The lowest BCUT2D eigenvalue weighted by Crippen LogP contribution is -2.60. The number of ketones is 2. The Kier molecular flexibility index (Phi) is 5.80. The summed E-state index contributed by atoms with van der Waals surface area (Å²) in [6.45, 7) is 4.31. The SMILES string of the molecule is O=C1c2ccccc2C(=O)C1(c1cncc(Br)c1)N1CCN(CC2CCCCC2)CC1. The molecule has 1 saturated carbocycles. The Labute approximate surface area is 192 Å². The Morgan fingerprint density at radius 2 is 1.58 bits per heavy atom. The van der Waals surface area contributed by atoms with Crippen molar-refractivity contribution < 1.29 is 9.59 Å². The number of piperazine rings is 1. The van der Waals surface area contributed by atoms with Crippen molar-refractivity contribution >= 4 is 27.5 Å². The molecule has 6 heteroatoms. The number of carbonyl (C=O) groups is 2. The highest BCUT2D eigenvalue weighted by Gasteiger charge is 2.58. The Morgan fingerprint density at radius 1 is 0.935 bits per heavy atom. The molecule has 0 unspecified atom stereocenters. The van der Waals surface area contributed by atoms with Crippen molar-refractivity contribution in [3.05, 3.63) is 63.9 Å². The van der Waals surface area contributed by atoms with E-state index in [9.17, 15) is 9.59 Å². The second-order valence-corrected chi connectivity index (χ2v) is 10.0. The monoisotopic (exact) mass is 481 g/mol. The Balaban J connectivity index is 1.45. The van der Waals surface area contributed by atoms with E-state index in [-0.39, 0.29) is 11.6 Å². The summed E-state index contributed by atoms with van der Waals surface area (Å²) in [5.41, 5.74) is 0.403. The van der Waals surface area contributed by atoms with Crippen LogP contribution in [0.1, 0.15) is 58.4 Å². The molecule has 1 aliphatic heterocycles. The maximum Gasteiger partial charge on any atom is 0.196 e. The minimum Gasteiger partial charge on any atom is -0.301 e. The van der Waals surface area contributed by atoms with Gasteiger partial charge in [0.05, 0.1) is 0 Å². The molecule has 0 atom stereocenters. The number of hydrogen-bond acceptors (Lipinski definition) is 5. The van der Waals surface area contributed by atoms with E-state index in [1.165, 1.54) is 32.1 Å². The average molecular weight is 482 g/mol. The van der Waals surface area contributed by atoms with Crippen LogP contribution in [-0.2, 0) is 5.54 Å². The molecule has 31 heavy (non-hydrogen) atoms. The lowest BCUT2D eigenvalue weighted by molar-refractivity contribution is 0.0255. The molecule has 0 N–H and O–H groups in total. The lowest BCUT2D eigenvalue weighted by Gasteiger charge is -2.44. The molecule has 0 amide bonds. The van der Waals surface area contributed by atoms with Crippen molar-refractivity contribution in [3.8, 4) is 0 Å². The van der Waals surface area contributed by atoms with Crippen LogP contribution in [0, 0.1) is 5.92 Å². The van der Waals surface area contributed by atoms with Gasteiger partial charge in [-0.15, -0.1) is 0 Å². The number of nitrogens with zero attached hydrogens (tertiary/aromatic N) is 3. The molecule has 162 valence electrons. The zero-order valence-electron chi connectivity index (χ0n) is 17.7. The minimum atomic E-state index is -1.31. The molecule has 5 nitrogen and oxygen atoms in total. The summed E-state index contributed by atoms with van der Waals surface area (Å²) >= 11 is 3.49. The van der Waals surface area contributed by atoms with Gasteiger partial charge < -0.3 is 4.90 Å². The van der Waals surface area contributed by atoms with Crippen molar-refractivity contribution in [2.45, 2.75) is 37.6 Å². The molecule has 2 aromatic rings. The van der Waals surface area contributed by atoms with Crippen LogP contribution in [0.3, 0.4) is 0 Å². The minimum absolute atomic E-state index is 0.117. The predicted molar refractivity (Wildman–Crippen MR) is 123 cm³/mol. The van der Waals surface area contributed by atoms with Crippen LogP contribution in [0.15, 0.2) is 47.2 Å². The Bertz CT molecular complexity index is 959. The van der Waals surface area contributed by atoms with Gasteiger partial charge in [-0.1, -0.05) is 43.5 Å². The molecule has 1 aromatic carbocycles. The first-order valence-corrected chi connectivity index (χ1v) is 12.2. The maximum absolute atomic E-state index is 13.8. The first-order chi connectivity index (χ1) is 15.1. The van der Waals surface area contributed by atoms with Gasteiger partial charge in [-0.2, -0.15) is 0 Å². The quantitative estimate of drug-likeness (QED) is 0.608. The number of carbonyl (C=O) groups excluding carboxylic acids is 2. The normalized spacial score (nSPS) is 22.6. The van der Waals surface area contributed by atoms with E-state index in [0.717, 1.165) is 30.0 Å². The van der Waals surface area contributed by atoms with Crippen molar-refractivity contribution in [2.24, 2.45) is 5.92 Å². The van der Waals surface area contributed by atoms with Gasteiger partial charge in [0.1, 0.15) is 0 Å². The molecular weight excluding hydrogens is 454 g/mol. The van der Waals surface area contributed by atoms with Gasteiger partial charge in [0.25, 0.3) is 0 Å². The molecular formula is C25H28BrN3O2.